The Morgan fingerprint density at radius 2 is 1.94 bits per heavy atom. The van der Waals surface area contributed by atoms with Gasteiger partial charge >= 0.3 is 0 Å². The molecule has 2 rings (SSSR count). The highest BCUT2D eigenvalue weighted by Crippen LogP contribution is 2.25. The predicted molar refractivity (Wildman–Crippen MR) is 68.7 cm³/mol. The normalized spacial score (nSPS) is 10.3. The number of benzene rings is 1. The Labute approximate surface area is 108 Å². The van der Waals surface area contributed by atoms with Crippen LogP contribution in [0.15, 0.2) is 18.2 Å². The molecule has 0 saturated heterocycles. The number of aromatic nitrogens is 3. The van der Waals surface area contributed by atoms with E-state index in [0.717, 1.165) is 5.56 Å². The Bertz CT molecular complexity index is 538. The van der Waals surface area contributed by atoms with Gasteiger partial charge in [0.05, 0.1) is 10.7 Å². The molecule has 2 aromatic rings. The monoisotopic (exact) mass is 269 g/mol. The van der Waals surface area contributed by atoms with Crippen molar-refractivity contribution in [2.75, 3.05) is 11.1 Å². The predicted octanol–water partition coefficient (Wildman–Crippen LogP) is 2.81. The summed E-state index contributed by atoms with van der Waals surface area (Å²) in [6.07, 6.45) is 0. The first-order valence-electron chi connectivity index (χ1n) is 4.75. The summed E-state index contributed by atoms with van der Waals surface area (Å²) in [5, 5.41) is 3.53. The van der Waals surface area contributed by atoms with Crippen LogP contribution in [0.5, 0.6) is 0 Å². The van der Waals surface area contributed by atoms with Gasteiger partial charge in [0, 0.05) is 0 Å². The smallest absolute Gasteiger partial charge is 0.233 e. The van der Waals surface area contributed by atoms with Crippen LogP contribution in [0.2, 0.25) is 10.3 Å². The molecular weight excluding hydrogens is 261 g/mol. The highest BCUT2D eigenvalue weighted by atomic mass is 35.5. The highest BCUT2D eigenvalue weighted by molar-refractivity contribution is 6.33. The van der Waals surface area contributed by atoms with Crippen LogP contribution in [0.1, 0.15) is 5.56 Å². The second kappa shape index (κ2) is 4.73. The number of nitrogens with zero attached hydrogens (tertiary/aromatic N) is 3. The summed E-state index contributed by atoms with van der Waals surface area (Å²) in [7, 11) is 0. The number of nitrogens with two attached hydrogens (primary N) is 1. The molecule has 5 nitrogen and oxygen atoms in total. The lowest BCUT2D eigenvalue weighted by Gasteiger charge is -2.07. The van der Waals surface area contributed by atoms with Crippen molar-refractivity contribution in [1.29, 1.82) is 0 Å². The molecule has 7 heteroatoms. The van der Waals surface area contributed by atoms with Crippen LogP contribution in [0.4, 0.5) is 17.6 Å². The van der Waals surface area contributed by atoms with Gasteiger partial charge in [0.15, 0.2) is 0 Å². The van der Waals surface area contributed by atoms with E-state index in [1.54, 1.807) is 6.07 Å². The van der Waals surface area contributed by atoms with Gasteiger partial charge in [0.1, 0.15) is 0 Å². The first-order valence-corrected chi connectivity index (χ1v) is 5.50. The van der Waals surface area contributed by atoms with E-state index in [2.05, 4.69) is 20.3 Å². The maximum Gasteiger partial charge on any atom is 0.233 e. The van der Waals surface area contributed by atoms with E-state index in [4.69, 9.17) is 28.9 Å². The van der Waals surface area contributed by atoms with Crippen LogP contribution in [-0.4, -0.2) is 15.0 Å². The Kier molecular flexibility index (Phi) is 3.31. The molecule has 3 N–H and O–H groups in total. The van der Waals surface area contributed by atoms with E-state index in [1.165, 1.54) is 0 Å². The number of nitrogens with one attached hydrogen (secondary N) is 1. The molecule has 0 unspecified atom stereocenters. The van der Waals surface area contributed by atoms with Crippen LogP contribution in [0.25, 0.3) is 0 Å². The molecule has 0 aliphatic carbocycles. The van der Waals surface area contributed by atoms with Crippen molar-refractivity contribution < 1.29 is 0 Å². The first kappa shape index (κ1) is 11.9. The van der Waals surface area contributed by atoms with Crippen molar-refractivity contribution in [3.63, 3.8) is 0 Å². The summed E-state index contributed by atoms with van der Waals surface area (Å²) in [4.78, 5) is 11.5. The third-order valence-electron chi connectivity index (χ3n) is 1.99. The maximum atomic E-state index is 6.03. The molecule has 1 aromatic carbocycles. The standard InChI is InChI=1S/C10H9Cl2N5/c1-5-2-3-6(11)7(4-5)14-10-16-8(12)15-9(13)17-10/h2-4H,1H3,(H3,13,14,15,16,17). The Balaban J connectivity index is 2.34. The first-order chi connectivity index (χ1) is 8.04. The van der Waals surface area contributed by atoms with Gasteiger partial charge < -0.3 is 11.1 Å². The third-order valence-corrected chi connectivity index (χ3v) is 2.49. The fourth-order valence-corrected chi connectivity index (χ4v) is 1.61. The van der Waals surface area contributed by atoms with E-state index in [1.807, 2.05) is 19.1 Å². The highest BCUT2D eigenvalue weighted by Gasteiger charge is 2.05. The Morgan fingerprint density at radius 1 is 1.18 bits per heavy atom. The van der Waals surface area contributed by atoms with Crippen molar-refractivity contribution in [3.05, 3.63) is 34.1 Å². The van der Waals surface area contributed by atoms with Gasteiger partial charge in [-0.15, -0.1) is 0 Å². The largest absolute Gasteiger partial charge is 0.368 e. The molecule has 0 bridgehead atoms. The molecule has 0 spiro atoms. The van der Waals surface area contributed by atoms with Crippen molar-refractivity contribution in [2.24, 2.45) is 0 Å². The zero-order valence-electron chi connectivity index (χ0n) is 8.91. The van der Waals surface area contributed by atoms with Gasteiger partial charge in [0.2, 0.25) is 17.2 Å². The minimum Gasteiger partial charge on any atom is -0.368 e. The number of hydrogen-bond donors (Lipinski definition) is 2. The minimum absolute atomic E-state index is 0.0313. The van der Waals surface area contributed by atoms with Gasteiger partial charge in [-0.1, -0.05) is 17.7 Å². The topological polar surface area (TPSA) is 76.7 Å². The summed E-state index contributed by atoms with van der Waals surface area (Å²) in [5.74, 6) is 0.311. The van der Waals surface area contributed by atoms with E-state index < -0.39 is 0 Å². The number of hydrogen-bond acceptors (Lipinski definition) is 5. The van der Waals surface area contributed by atoms with Crippen LogP contribution in [-0.2, 0) is 0 Å². The van der Waals surface area contributed by atoms with Gasteiger partial charge in [-0.05, 0) is 36.2 Å². The summed E-state index contributed by atoms with van der Waals surface area (Å²) in [6.45, 7) is 1.95. The Morgan fingerprint density at radius 3 is 2.65 bits per heavy atom. The SMILES string of the molecule is Cc1ccc(Cl)c(Nc2nc(N)nc(Cl)n2)c1. The molecule has 0 radical (unpaired) electrons. The molecule has 0 aliphatic rings. The number of rotatable bonds is 2. The van der Waals surface area contributed by atoms with Crippen molar-refractivity contribution >= 4 is 40.8 Å². The lowest BCUT2D eigenvalue weighted by atomic mass is 10.2. The zero-order chi connectivity index (χ0) is 12.4. The fourth-order valence-electron chi connectivity index (χ4n) is 1.28. The third kappa shape index (κ3) is 2.95. The van der Waals surface area contributed by atoms with Crippen LogP contribution in [0.3, 0.4) is 0 Å². The second-order valence-electron chi connectivity index (χ2n) is 3.39. The number of aryl methyl sites for hydroxylation is 1. The molecule has 0 atom stereocenters. The van der Waals surface area contributed by atoms with Crippen LogP contribution >= 0.6 is 23.2 Å². The number of nitrogen functional groups attached to an aromatic ring is 1. The molecule has 88 valence electrons. The minimum atomic E-state index is 0.0313. The molecular formula is C10H9Cl2N5. The summed E-state index contributed by atoms with van der Waals surface area (Å²) in [5.41, 5.74) is 7.21. The molecule has 1 heterocycles. The summed E-state index contributed by atoms with van der Waals surface area (Å²) < 4.78 is 0. The van der Waals surface area contributed by atoms with Gasteiger partial charge in [-0.2, -0.15) is 15.0 Å². The quantitative estimate of drug-likeness (QED) is 0.877. The fraction of sp³-hybridized carbons (Fsp3) is 0.100. The van der Waals surface area contributed by atoms with E-state index >= 15 is 0 Å². The molecule has 0 aliphatic heterocycles. The van der Waals surface area contributed by atoms with Crippen LogP contribution in [0, 0.1) is 6.92 Å². The average Bonchev–Trinajstić information content (AvgIpc) is 2.22. The zero-order valence-corrected chi connectivity index (χ0v) is 10.4. The maximum absolute atomic E-state index is 6.03. The molecule has 17 heavy (non-hydrogen) atoms. The van der Waals surface area contributed by atoms with Crippen LogP contribution < -0.4 is 11.1 Å². The summed E-state index contributed by atoms with van der Waals surface area (Å²) >= 11 is 11.7. The molecule has 0 saturated carbocycles. The van der Waals surface area contributed by atoms with E-state index in [-0.39, 0.29) is 17.2 Å². The Hall–Kier alpha value is -1.59. The summed E-state index contributed by atoms with van der Waals surface area (Å²) in [6, 6.07) is 5.56. The number of halogens is 2. The molecule has 0 amide bonds. The van der Waals surface area contributed by atoms with Gasteiger partial charge in [-0.3, -0.25) is 0 Å². The van der Waals surface area contributed by atoms with Crippen molar-refractivity contribution in [2.45, 2.75) is 6.92 Å². The molecule has 0 fully saturated rings. The molecule has 1 aromatic heterocycles. The van der Waals surface area contributed by atoms with Gasteiger partial charge in [0.25, 0.3) is 0 Å². The van der Waals surface area contributed by atoms with E-state index in [9.17, 15) is 0 Å². The lowest BCUT2D eigenvalue weighted by molar-refractivity contribution is 1.07. The number of anilines is 3. The average molecular weight is 270 g/mol. The van der Waals surface area contributed by atoms with Gasteiger partial charge in [-0.25, -0.2) is 0 Å². The van der Waals surface area contributed by atoms with Crippen molar-refractivity contribution in [1.82, 2.24) is 15.0 Å². The lowest BCUT2D eigenvalue weighted by Crippen LogP contribution is -2.03. The van der Waals surface area contributed by atoms with E-state index in [0.29, 0.717) is 10.7 Å². The van der Waals surface area contributed by atoms with Crippen molar-refractivity contribution in [3.8, 4) is 0 Å². The second-order valence-corrected chi connectivity index (χ2v) is 4.14.